The molecule has 8 nitrogen and oxygen atoms in total. The van der Waals surface area contributed by atoms with E-state index in [0.29, 0.717) is 5.13 Å². The van der Waals surface area contributed by atoms with Gasteiger partial charge in [0.1, 0.15) is 5.75 Å². The molecule has 1 amide bonds. The number of hydrogen-bond donors (Lipinski definition) is 1. The Morgan fingerprint density at radius 1 is 1.15 bits per heavy atom. The molecule has 0 saturated carbocycles. The highest BCUT2D eigenvalue weighted by Crippen LogP contribution is 2.27. The lowest BCUT2D eigenvalue weighted by atomic mass is 10.2. The molecule has 0 radical (unpaired) electrons. The molecule has 1 aromatic heterocycles. The Morgan fingerprint density at radius 3 is 2.52 bits per heavy atom. The minimum absolute atomic E-state index is 0.0783. The molecule has 1 aliphatic heterocycles. The summed E-state index contributed by atoms with van der Waals surface area (Å²) < 4.78 is 38.5. The van der Waals surface area contributed by atoms with Crippen molar-refractivity contribution in [2.24, 2.45) is 0 Å². The molecule has 0 unspecified atom stereocenters. The molecule has 0 aliphatic carbocycles. The monoisotopic (exact) mass is 487 g/mol. The molecule has 1 fully saturated rings. The lowest BCUT2D eigenvalue weighted by Gasteiger charge is -2.34. The molecule has 4 rings (SSSR count). The van der Waals surface area contributed by atoms with E-state index in [2.05, 4.69) is 10.3 Å². The summed E-state index contributed by atoms with van der Waals surface area (Å²) in [5.41, 5.74) is 1.87. The predicted molar refractivity (Wildman–Crippen MR) is 127 cm³/mol. The van der Waals surface area contributed by atoms with Crippen LogP contribution in [0.3, 0.4) is 0 Å². The molecule has 0 spiro atoms. The number of carbonyl (C=O) groups is 1. The van der Waals surface area contributed by atoms with E-state index in [4.69, 9.17) is 9.47 Å². The van der Waals surface area contributed by atoms with Gasteiger partial charge in [0.2, 0.25) is 10.0 Å². The second kappa shape index (κ2) is 9.60. The van der Waals surface area contributed by atoms with E-state index in [-0.39, 0.29) is 35.8 Å². The Hall–Kier alpha value is -2.79. The molecule has 2 heterocycles. The summed E-state index contributed by atoms with van der Waals surface area (Å²) in [5, 5.41) is 5.03. The quantitative estimate of drug-likeness (QED) is 0.567. The number of thiazole rings is 1. The van der Waals surface area contributed by atoms with Gasteiger partial charge in [-0.3, -0.25) is 10.1 Å². The van der Waals surface area contributed by atoms with Gasteiger partial charge in [0, 0.05) is 29.6 Å². The highest BCUT2D eigenvalue weighted by Gasteiger charge is 2.32. The van der Waals surface area contributed by atoms with Crippen molar-refractivity contribution >= 4 is 32.4 Å². The lowest BCUT2D eigenvalue weighted by Crippen LogP contribution is -2.48. The molecular formula is C23H25N3O5S2. The van der Waals surface area contributed by atoms with E-state index in [1.165, 1.54) is 27.8 Å². The van der Waals surface area contributed by atoms with Crippen LogP contribution < -0.4 is 10.1 Å². The topological polar surface area (TPSA) is 97.8 Å². The summed E-state index contributed by atoms with van der Waals surface area (Å²) >= 11 is 1.30. The van der Waals surface area contributed by atoms with Gasteiger partial charge < -0.3 is 9.47 Å². The van der Waals surface area contributed by atoms with Gasteiger partial charge in [0.15, 0.2) is 5.13 Å². The molecule has 174 valence electrons. The highest BCUT2D eigenvalue weighted by atomic mass is 32.2. The van der Waals surface area contributed by atoms with Crippen LogP contribution in [0.1, 0.15) is 24.2 Å². The largest absolute Gasteiger partial charge is 0.497 e. The van der Waals surface area contributed by atoms with Gasteiger partial charge in [-0.15, -0.1) is 11.3 Å². The summed E-state index contributed by atoms with van der Waals surface area (Å²) in [5.74, 6) is 0.324. The standard InChI is InChI=1S/C23H25N3O5S2/c1-15-12-26(13-16(2)31-15)33(28,29)20-6-4-5-18(11-20)22(27)25-23-24-21(14-32-23)17-7-9-19(30-3)10-8-17/h4-11,14-16H,12-13H2,1-3H3,(H,24,25,27)/t15-,16-/m1/s1. The van der Waals surface area contributed by atoms with Crippen molar-refractivity contribution in [3.63, 3.8) is 0 Å². The van der Waals surface area contributed by atoms with E-state index in [1.807, 2.05) is 43.5 Å². The van der Waals surface area contributed by atoms with Gasteiger partial charge in [-0.2, -0.15) is 4.31 Å². The zero-order chi connectivity index (χ0) is 23.6. The zero-order valence-electron chi connectivity index (χ0n) is 18.5. The first-order valence-corrected chi connectivity index (χ1v) is 12.7. The number of carbonyl (C=O) groups excluding carboxylic acids is 1. The maximum Gasteiger partial charge on any atom is 0.257 e. The van der Waals surface area contributed by atoms with Gasteiger partial charge in [0.05, 0.1) is 29.9 Å². The number of morpholine rings is 1. The molecule has 10 heteroatoms. The summed E-state index contributed by atoms with van der Waals surface area (Å²) in [4.78, 5) is 17.4. The van der Waals surface area contributed by atoms with Crippen LogP contribution >= 0.6 is 11.3 Å². The number of benzene rings is 2. The van der Waals surface area contributed by atoms with Crippen molar-refractivity contribution in [2.75, 3.05) is 25.5 Å². The van der Waals surface area contributed by atoms with Gasteiger partial charge in [0.25, 0.3) is 5.91 Å². The Bertz CT molecular complexity index is 1230. The second-order valence-electron chi connectivity index (χ2n) is 7.83. The van der Waals surface area contributed by atoms with Crippen molar-refractivity contribution < 1.29 is 22.7 Å². The van der Waals surface area contributed by atoms with Gasteiger partial charge >= 0.3 is 0 Å². The average molecular weight is 488 g/mol. The number of anilines is 1. The number of rotatable bonds is 6. The summed E-state index contributed by atoms with van der Waals surface area (Å²) in [7, 11) is -2.14. The Balaban J connectivity index is 1.49. The van der Waals surface area contributed by atoms with E-state index < -0.39 is 15.9 Å². The van der Waals surface area contributed by atoms with E-state index in [1.54, 1.807) is 19.2 Å². The molecule has 3 aromatic rings. The van der Waals surface area contributed by atoms with Crippen molar-refractivity contribution in [1.29, 1.82) is 0 Å². The van der Waals surface area contributed by atoms with Crippen LogP contribution in [-0.2, 0) is 14.8 Å². The maximum atomic E-state index is 13.1. The minimum atomic E-state index is -3.74. The normalized spacial score (nSPS) is 19.2. The first-order valence-electron chi connectivity index (χ1n) is 10.4. The van der Waals surface area contributed by atoms with E-state index in [9.17, 15) is 13.2 Å². The zero-order valence-corrected chi connectivity index (χ0v) is 20.2. The van der Waals surface area contributed by atoms with Crippen LogP contribution in [0.4, 0.5) is 5.13 Å². The van der Waals surface area contributed by atoms with Crippen molar-refractivity contribution in [3.05, 3.63) is 59.5 Å². The van der Waals surface area contributed by atoms with Gasteiger partial charge in [-0.25, -0.2) is 13.4 Å². The second-order valence-corrected chi connectivity index (χ2v) is 10.6. The van der Waals surface area contributed by atoms with Gasteiger partial charge in [-0.05, 0) is 56.3 Å². The SMILES string of the molecule is COc1ccc(-c2csc(NC(=O)c3cccc(S(=O)(=O)N4C[C@@H](C)O[C@H](C)C4)c3)n2)cc1. The molecular weight excluding hydrogens is 462 g/mol. The molecule has 1 N–H and O–H groups in total. The Labute approximate surface area is 197 Å². The fourth-order valence-electron chi connectivity index (χ4n) is 3.67. The number of nitrogens with one attached hydrogen (secondary N) is 1. The minimum Gasteiger partial charge on any atom is -0.497 e. The summed E-state index contributed by atoms with van der Waals surface area (Å²) in [6.07, 6.45) is -0.389. The third-order valence-electron chi connectivity index (χ3n) is 5.23. The molecule has 33 heavy (non-hydrogen) atoms. The summed E-state index contributed by atoms with van der Waals surface area (Å²) in [6, 6.07) is 13.5. The van der Waals surface area contributed by atoms with Crippen LogP contribution in [0.25, 0.3) is 11.3 Å². The van der Waals surface area contributed by atoms with Crippen LogP contribution in [0.2, 0.25) is 0 Å². The molecule has 1 saturated heterocycles. The average Bonchev–Trinajstić information content (AvgIpc) is 3.27. The van der Waals surface area contributed by atoms with Crippen LogP contribution in [0.5, 0.6) is 5.75 Å². The van der Waals surface area contributed by atoms with Crippen LogP contribution in [0.15, 0.2) is 58.8 Å². The smallest absolute Gasteiger partial charge is 0.257 e. The molecule has 2 atom stereocenters. The predicted octanol–water partition coefficient (Wildman–Crippen LogP) is 3.87. The van der Waals surface area contributed by atoms with Crippen LogP contribution in [0, 0.1) is 0 Å². The first kappa shape index (κ1) is 23.4. The number of nitrogens with zero attached hydrogens (tertiary/aromatic N) is 2. The number of sulfonamides is 1. The van der Waals surface area contributed by atoms with Crippen molar-refractivity contribution in [3.8, 4) is 17.0 Å². The molecule has 1 aliphatic rings. The fourth-order valence-corrected chi connectivity index (χ4v) is 6.02. The van der Waals surface area contributed by atoms with Crippen molar-refractivity contribution in [1.82, 2.24) is 9.29 Å². The number of ether oxygens (including phenoxy) is 2. The van der Waals surface area contributed by atoms with Crippen molar-refractivity contribution in [2.45, 2.75) is 31.0 Å². The number of methoxy groups -OCH3 is 1. The highest BCUT2D eigenvalue weighted by molar-refractivity contribution is 7.89. The lowest BCUT2D eigenvalue weighted by molar-refractivity contribution is -0.0440. The third kappa shape index (κ3) is 5.25. The van der Waals surface area contributed by atoms with E-state index in [0.717, 1.165) is 17.0 Å². The van der Waals surface area contributed by atoms with Crippen LogP contribution in [-0.4, -0.2) is 56.0 Å². The molecule has 2 aromatic carbocycles. The molecule has 0 bridgehead atoms. The first-order chi connectivity index (χ1) is 15.8. The van der Waals surface area contributed by atoms with E-state index >= 15 is 0 Å². The number of hydrogen-bond acceptors (Lipinski definition) is 7. The number of aromatic nitrogens is 1. The number of amides is 1. The Morgan fingerprint density at radius 2 is 1.85 bits per heavy atom. The Kier molecular flexibility index (Phi) is 6.80. The summed E-state index contributed by atoms with van der Waals surface area (Å²) in [6.45, 7) is 4.24. The third-order valence-corrected chi connectivity index (χ3v) is 7.82. The maximum absolute atomic E-state index is 13.1. The fraction of sp³-hybridized carbons (Fsp3) is 0.304. The van der Waals surface area contributed by atoms with Gasteiger partial charge in [-0.1, -0.05) is 6.07 Å².